The Balaban J connectivity index is 1.43. The van der Waals surface area contributed by atoms with Crippen LogP contribution in [0.15, 0.2) is 61.3 Å². The molecule has 0 spiro atoms. The molecule has 0 saturated heterocycles. The first-order valence-corrected chi connectivity index (χ1v) is 9.01. The van der Waals surface area contributed by atoms with E-state index in [0.29, 0.717) is 13.2 Å². The van der Waals surface area contributed by atoms with E-state index in [1.165, 1.54) is 5.69 Å². The first kappa shape index (κ1) is 17.4. The third kappa shape index (κ3) is 4.05. The molecule has 0 bridgehead atoms. The van der Waals surface area contributed by atoms with E-state index in [1.807, 2.05) is 55.1 Å². The number of nitrogens with zero attached hydrogens (tertiary/aromatic N) is 5. The van der Waals surface area contributed by atoms with Crippen molar-refractivity contribution in [3.63, 3.8) is 0 Å². The highest BCUT2D eigenvalue weighted by Crippen LogP contribution is 2.24. The lowest BCUT2D eigenvalue weighted by atomic mass is 10.1. The van der Waals surface area contributed by atoms with Gasteiger partial charge in [-0.1, -0.05) is 24.3 Å². The summed E-state index contributed by atoms with van der Waals surface area (Å²) in [6, 6.07) is 14.2. The SMILES string of the molecule is N#Cc1ccccc1CN1Cc2cncn2C(COCc2cccnc2)C1. The van der Waals surface area contributed by atoms with E-state index in [-0.39, 0.29) is 6.04 Å². The zero-order chi connectivity index (χ0) is 18.5. The molecule has 0 saturated carbocycles. The summed E-state index contributed by atoms with van der Waals surface area (Å²) >= 11 is 0. The number of fused-ring (bicyclic) bond motifs is 1. The largest absolute Gasteiger partial charge is 0.375 e. The van der Waals surface area contributed by atoms with Crippen LogP contribution in [0.1, 0.15) is 28.4 Å². The lowest BCUT2D eigenvalue weighted by Crippen LogP contribution is -2.38. The Hall–Kier alpha value is -3.01. The van der Waals surface area contributed by atoms with Crippen molar-refractivity contribution in [2.24, 2.45) is 0 Å². The van der Waals surface area contributed by atoms with Crippen LogP contribution in [0.4, 0.5) is 0 Å². The zero-order valence-corrected chi connectivity index (χ0v) is 15.0. The fraction of sp³-hybridized carbons (Fsp3) is 0.286. The van der Waals surface area contributed by atoms with Crippen molar-refractivity contribution in [3.05, 3.63) is 83.7 Å². The monoisotopic (exact) mass is 359 g/mol. The van der Waals surface area contributed by atoms with Gasteiger partial charge < -0.3 is 9.30 Å². The summed E-state index contributed by atoms with van der Waals surface area (Å²) in [6.45, 7) is 3.57. The van der Waals surface area contributed by atoms with Crippen LogP contribution in [0.3, 0.4) is 0 Å². The Morgan fingerprint density at radius 3 is 2.93 bits per heavy atom. The van der Waals surface area contributed by atoms with Crippen LogP contribution in [0.2, 0.25) is 0 Å². The van der Waals surface area contributed by atoms with Crippen LogP contribution in [0.25, 0.3) is 0 Å². The molecule has 6 nitrogen and oxygen atoms in total. The van der Waals surface area contributed by atoms with Crippen LogP contribution in [0, 0.1) is 11.3 Å². The minimum absolute atomic E-state index is 0.196. The summed E-state index contributed by atoms with van der Waals surface area (Å²) in [5.41, 5.74) is 4.04. The smallest absolute Gasteiger partial charge is 0.0995 e. The lowest BCUT2D eigenvalue weighted by Gasteiger charge is -2.34. The third-order valence-electron chi connectivity index (χ3n) is 4.83. The van der Waals surface area contributed by atoms with Crippen molar-refractivity contribution in [2.75, 3.05) is 13.2 Å². The Morgan fingerprint density at radius 1 is 1.15 bits per heavy atom. The van der Waals surface area contributed by atoms with E-state index in [2.05, 4.69) is 25.5 Å². The predicted octanol–water partition coefficient (Wildman–Crippen LogP) is 2.92. The van der Waals surface area contributed by atoms with E-state index in [1.54, 1.807) is 6.20 Å². The van der Waals surface area contributed by atoms with Gasteiger partial charge in [0.2, 0.25) is 0 Å². The number of benzene rings is 1. The van der Waals surface area contributed by atoms with Gasteiger partial charge in [-0.3, -0.25) is 9.88 Å². The summed E-state index contributed by atoms with van der Waals surface area (Å²) in [5, 5.41) is 9.34. The fourth-order valence-electron chi connectivity index (χ4n) is 3.52. The number of hydrogen-bond donors (Lipinski definition) is 0. The van der Waals surface area contributed by atoms with Crippen LogP contribution in [-0.2, 0) is 24.4 Å². The molecule has 27 heavy (non-hydrogen) atoms. The molecule has 2 aromatic heterocycles. The van der Waals surface area contributed by atoms with Crippen molar-refractivity contribution in [3.8, 4) is 6.07 Å². The number of nitriles is 1. The lowest BCUT2D eigenvalue weighted by molar-refractivity contribution is 0.0586. The number of aromatic nitrogens is 3. The van der Waals surface area contributed by atoms with Crippen molar-refractivity contribution < 1.29 is 4.74 Å². The van der Waals surface area contributed by atoms with Crippen LogP contribution in [-0.4, -0.2) is 32.6 Å². The van der Waals surface area contributed by atoms with E-state index < -0.39 is 0 Å². The van der Waals surface area contributed by atoms with E-state index in [9.17, 15) is 5.26 Å². The molecule has 3 aromatic rings. The molecule has 0 N–H and O–H groups in total. The summed E-state index contributed by atoms with van der Waals surface area (Å²) in [4.78, 5) is 10.8. The third-order valence-corrected chi connectivity index (χ3v) is 4.83. The molecule has 1 aromatic carbocycles. The van der Waals surface area contributed by atoms with Gasteiger partial charge in [0.1, 0.15) is 0 Å². The molecule has 136 valence electrons. The van der Waals surface area contributed by atoms with Crippen LogP contribution in [0.5, 0.6) is 0 Å². The molecule has 0 aliphatic carbocycles. The summed E-state index contributed by atoms with van der Waals surface area (Å²) < 4.78 is 8.17. The predicted molar refractivity (Wildman–Crippen MR) is 100 cm³/mol. The van der Waals surface area contributed by atoms with Gasteiger partial charge >= 0.3 is 0 Å². The number of hydrogen-bond acceptors (Lipinski definition) is 5. The van der Waals surface area contributed by atoms with Crippen molar-refractivity contribution in [1.29, 1.82) is 5.26 Å². The molecular formula is C21H21N5O. The molecule has 4 rings (SSSR count). The molecule has 1 atom stereocenters. The van der Waals surface area contributed by atoms with Crippen molar-refractivity contribution in [2.45, 2.75) is 25.7 Å². The van der Waals surface area contributed by atoms with Gasteiger partial charge in [0, 0.05) is 38.2 Å². The molecular weight excluding hydrogens is 338 g/mol. The Labute approximate surface area is 158 Å². The topological polar surface area (TPSA) is 67.0 Å². The summed E-state index contributed by atoms with van der Waals surface area (Å²) in [6.07, 6.45) is 7.39. The highest BCUT2D eigenvalue weighted by molar-refractivity contribution is 5.37. The normalized spacial score (nSPS) is 16.6. The van der Waals surface area contributed by atoms with Gasteiger partial charge in [0.05, 0.1) is 42.9 Å². The average molecular weight is 359 g/mol. The van der Waals surface area contributed by atoms with E-state index in [0.717, 1.165) is 36.3 Å². The average Bonchev–Trinajstić information content (AvgIpc) is 3.18. The number of imidazole rings is 1. The number of ether oxygens (including phenoxy) is 1. The quantitative estimate of drug-likeness (QED) is 0.677. The maximum absolute atomic E-state index is 9.34. The maximum Gasteiger partial charge on any atom is 0.0995 e. The summed E-state index contributed by atoms with van der Waals surface area (Å²) in [7, 11) is 0. The number of rotatable bonds is 6. The second-order valence-corrected chi connectivity index (χ2v) is 6.76. The number of pyridine rings is 1. The zero-order valence-electron chi connectivity index (χ0n) is 15.0. The highest BCUT2D eigenvalue weighted by atomic mass is 16.5. The van der Waals surface area contributed by atoms with Crippen molar-refractivity contribution >= 4 is 0 Å². The molecule has 3 heterocycles. The van der Waals surface area contributed by atoms with Crippen LogP contribution < -0.4 is 0 Å². The molecule has 0 radical (unpaired) electrons. The van der Waals surface area contributed by atoms with Gasteiger partial charge in [-0.05, 0) is 23.3 Å². The van der Waals surface area contributed by atoms with Gasteiger partial charge in [-0.15, -0.1) is 0 Å². The Kier molecular flexibility index (Phi) is 5.24. The Bertz CT molecular complexity index is 931. The Morgan fingerprint density at radius 2 is 2.07 bits per heavy atom. The molecule has 6 heteroatoms. The van der Waals surface area contributed by atoms with Crippen molar-refractivity contribution in [1.82, 2.24) is 19.4 Å². The highest BCUT2D eigenvalue weighted by Gasteiger charge is 2.25. The van der Waals surface area contributed by atoms with E-state index in [4.69, 9.17) is 4.74 Å². The summed E-state index contributed by atoms with van der Waals surface area (Å²) in [5.74, 6) is 0. The van der Waals surface area contributed by atoms with Crippen LogP contribution >= 0.6 is 0 Å². The van der Waals surface area contributed by atoms with Gasteiger partial charge in [0.15, 0.2) is 0 Å². The second kappa shape index (κ2) is 8.12. The minimum atomic E-state index is 0.196. The van der Waals surface area contributed by atoms with Gasteiger partial charge in [0.25, 0.3) is 0 Å². The first-order valence-electron chi connectivity index (χ1n) is 9.01. The molecule has 0 amide bonds. The maximum atomic E-state index is 9.34. The molecule has 1 aliphatic heterocycles. The van der Waals surface area contributed by atoms with Gasteiger partial charge in [-0.2, -0.15) is 5.26 Å². The fourth-order valence-corrected chi connectivity index (χ4v) is 3.52. The van der Waals surface area contributed by atoms with Gasteiger partial charge in [-0.25, -0.2) is 4.98 Å². The molecule has 0 fully saturated rings. The minimum Gasteiger partial charge on any atom is -0.375 e. The second-order valence-electron chi connectivity index (χ2n) is 6.76. The first-order chi connectivity index (χ1) is 13.3. The van der Waals surface area contributed by atoms with E-state index >= 15 is 0 Å². The molecule has 1 unspecified atom stereocenters. The molecule has 1 aliphatic rings. The standard InChI is InChI=1S/C21H21N5O/c22-8-18-5-1-2-6-19(18)11-25-12-20-10-24-16-26(20)21(13-25)15-27-14-17-4-3-7-23-9-17/h1-7,9-10,16,21H,11-15H2.